The summed E-state index contributed by atoms with van der Waals surface area (Å²) < 4.78 is 24.9. The average molecular weight is 482 g/mol. The lowest BCUT2D eigenvalue weighted by atomic mass is 9.85. The van der Waals surface area contributed by atoms with E-state index < -0.39 is 11.9 Å². The standard InChI is InChI=1S/C25H28FN5O4/c1-15-2-9-20(27-12-15)30-25(33)24-23(22-18(35-24)7-8-19(26)29-22)28-13-16-3-5-17(6-4-16)31-10-11-34-14-21(31)32/h2,7-9,12,16-17,28H,3-6,10-11,13-14H2,1H3,(H,27,30,33). The first-order valence-electron chi connectivity index (χ1n) is 11.9. The summed E-state index contributed by atoms with van der Waals surface area (Å²) >= 11 is 0. The van der Waals surface area contributed by atoms with E-state index in [0.717, 1.165) is 31.2 Å². The minimum Gasteiger partial charge on any atom is -0.447 e. The number of anilines is 2. The average Bonchev–Trinajstić information content (AvgIpc) is 3.22. The minimum absolute atomic E-state index is 0.0353. The predicted molar refractivity (Wildman–Crippen MR) is 128 cm³/mol. The van der Waals surface area contributed by atoms with Gasteiger partial charge < -0.3 is 24.7 Å². The van der Waals surface area contributed by atoms with Crippen LogP contribution < -0.4 is 10.6 Å². The van der Waals surface area contributed by atoms with Crippen LogP contribution in [0, 0.1) is 18.8 Å². The van der Waals surface area contributed by atoms with Crippen LogP contribution in [0.1, 0.15) is 41.8 Å². The van der Waals surface area contributed by atoms with E-state index in [9.17, 15) is 14.0 Å². The minimum atomic E-state index is -0.649. The molecule has 1 saturated heterocycles. The number of furan rings is 1. The Labute approximate surface area is 202 Å². The second kappa shape index (κ2) is 9.99. The number of hydrogen-bond donors (Lipinski definition) is 2. The summed E-state index contributed by atoms with van der Waals surface area (Å²) in [6.07, 6.45) is 5.38. The Kier molecular flexibility index (Phi) is 6.63. The van der Waals surface area contributed by atoms with Gasteiger partial charge in [-0.2, -0.15) is 4.39 Å². The zero-order chi connectivity index (χ0) is 24.4. The number of ether oxygens (including phenoxy) is 1. The molecule has 2 N–H and O–H groups in total. The lowest BCUT2D eigenvalue weighted by Gasteiger charge is -2.38. The third-order valence-electron chi connectivity index (χ3n) is 6.71. The van der Waals surface area contributed by atoms with Crippen LogP contribution in [0.15, 0.2) is 34.9 Å². The summed E-state index contributed by atoms with van der Waals surface area (Å²) in [4.78, 5) is 35.3. The van der Waals surface area contributed by atoms with E-state index in [4.69, 9.17) is 9.15 Å². The molecule has 10 heteroatoms. The van der Waals surface area contributed by atoms with Crippen LogP contribution in [0.3, 0.4) is 0 Å². The highest BCUT2D eigenvalue weighted by Gasteiger charge is 2.31. The van der Waals surface area contributed by atoms with Crippen molar-refractivity contribution in [3.05, 3.63) is 47.7 Å². The first-order valence-corrected chi connectivity index (χ1v) is 11.9. The van der Waals surface area contributed by atoms with Gasteiger partial charge in [0.25, 0.3) is 5.91 Å². The SMILES string of the molecule is Cc1ccc(NC(=O)c2oc3ccc(F)nc3c2NCC2CCC(N3CCOCC3=O)CC2)nc1. The van der Waals surface area contributed by atoms with E-state index in [0.29, 0.717) is 42.7 Å². The van der Waals surface area contributed by atoms with E-state index in [1.165, 1.54) is 12.1 Å². The van der Waals surface area contributed by atoms with Crippen molar-refractivity contribution in [1.82, 2.24) is 14.9 Å². The van der Waals surface area contributed by atoms with Crippen molar-refractivity contribution in [1.29, 1.82) is 0 Å². The number of aromatic nitrogens is 2. The molecule has 2 amide bonds. The molecule has 2 aliphatic rings. The largest absolute Gasteiger partial charge is 0.447 e. The van der Waals surface area contributed by atoms with Gasteiger partial charge in [-0.05, 0) is 62.3 Å². The van der Waals surface area contributed by atoms with E-state index in [1.807, 2.05) is 17.9 Å². The van der Waals surface area contributed by atoms with E-state index >= 15 is 0 Å². The molecule has 1 saturated carbocycles. The van der Waals surface area contributed by atoms with Crippen LogP contribution in [0.2, 0.25) is 0 Å². The number of rotatable bonds is 6. The summed E-state index contributed by atoms with van der Waals surface area (Å²) in [6, 6.07) is 6.47. The van der Waals surface area contributed by atoms with Gasteiger partial charge >= 0.3 is 0 Å². The molecule has 3 aromatic rings. The quantitative estimate of drug-likeness (QED) is 0.516. The summed E-state index contributed by atoms with van der Waals surface area (Å²) in [5.74, 6) is -0.304. The molecular formula is C25H28FN5O4. The Morgan fingerprint density at radius 2 is 2.03 bits per heavy atom. The van der Waals surface area contributed by atoms with Crippen molar-refractivity contribution in [3.63, 3.8) is 0 Å². The number of nitrogens with zero attached hydrogens (tertiary/aromatic N) is 3. The monoisotopic (exact) mass is 481 g/mol. The topological polar surface area (TPSA) is 110 Å². The van der Waals surface area contributed by atoms with Crippen LogP contribution in [-0.4, -0.2) is 59.0 Å². The van der Waals surface area contributed by atoms with E-state index in [1.54, 1.807) is 12.3 Å². The van der Waals surface area contributed by atoms with Crippen molar-refractivity contribution >= 4 is 34.4 Å². The fourth-order valence-corrected chi connectivity index (χ4v) is 4.81. The number of carbonyl (C=O) groups excluding carboxylic acids is 2. The number of morpholine rings is 1. The molecule has 0 aromatic carbocycles. The first-order chi connectivity index (χ1) is 17.0. The lowest BCUT2D eigenvalue weighted by molar-refractivity contribution is -0.146. The molecule has 0 bridgehead atoms. The predicted octanol–water partition coefficient (Wildman–Crippen LogP) is 3.75. The highest BCUT2D eigenvalue weighted by atomic mass is 19.1. The van der Waals surface area contributed by atoms with Crippen LogP contribution in [0.5, 0.6) is 0 Å². The highest BCUT2D eigenvalue weighted by molar-refractivity contribution is 6.10. The second-order valence-electron chi connectivity index (χ2n) is 9.16. The van der Waals surface area contributed by atoms with Crippen molar-refractivity contribution in [2.45, 2.75) is 38.6 Å². The molecule has 0 radical (unpaired) electrons. The van der Waals surface area contributed by atoms with Crippen molar-refractivity contribution in [2.75, 3.05) is 36.9 Å². The molecule has 3 aromatic heterocycles. The van der Waals surface area contributed by atoms with Crippen LogP contribution in [0.4, 0.5) is 15.9 Å². The number of fused-ring (bicyclic) bond motifs is 1. The maximum Gasteiger partial charge on any atom is 0.294 e. The molecule has 0 spiro atoms. The third kappa shape index (κ3) is 5.12. The van der Waals surface area contributed by atoms with Gasteiger partial charge in [-0.1, -0.05) is 6.07 Å². The highest BCUT2D eigenvalue weighted by Crippen LogP contribution is 2.33. The Balaban J connectivity index is 1.28. The van der Waals surface area contributed by atoms with Crippen LogP contribution in [-0.2, 0) is 9.53 Å². The maximum absolute atomic E-state index is 13.9. The van der Waals surface area contributed by atoms with Crippen molar-refractivity contribution in [2.24, 2.45) is 5.92 Å². The lowest BCUT2D eigenvalue weighted by Crippen LogP contribution is -2.49. The zero-order valence-electron chi connectivity index (χ0n) is 19.6. The van der Waals surface area contributed by atoms with Gasteiger partial charge in [0.15, 0.2) is 5.58 Å². The molecular weight excluding hydrogens is 453 g/mol. The maximum atomic E-state index is 13.9. The second-order valence-corrected chi connectivity index (χ2v) is 9.16. The van der Waals surface area contributed by atoms with Crippen LogP contribution in [0.25, 0.3) is 11.1 Å². The molecule has 5 rings (SSSR count). The van der Waals surface area contributed by atoms with Gasteiger partial charge in [0, 0.05) is 25.3 Å². The summed E-state index contributed by atoms with van der Waals surface area (Å²) in [7, 11) is 0. The number of hydrogen-bond acceptors (Lipinski definition) is 7. The molecule has 1 aliphatic heterocycles. The molecule has 1 aliphatic carbocycles. The fraction of sp³-hybridized carbons (Fsp3) is 0.440. The molecule has 9 nitrogen and oxygen atoms in total. The Bertz CT molecular complexity index is 1220. The van der Waals surface area contributed by atoms with E-state index in [2.05, 4.69) is 20.6 Å². The normalized spacial score (nSPS) is 20.7. The molecule has 0 unspecified atom stereocenters. The third-order valence-corrected chi connectivity index (χ3v) is 6.71. The van der Waals surface area contributed by atoms with Gasteiger partial charge in [0.1, 0.15) is 23.6 Å². The van der Waals surface area contributed by atoms with Gasteiger partial charge in [-0.3, -0.25) is 9.59 Å². The number of amides is 2. The van der Waals surface area contributed by atoms with Crippen molar-refractivity contribution < 1.29 is 23.1 Å². The van der Waals surface area contributed by atoms with E-state index in [-0.39, 0.29) is 29.8 Å². The number of aryl methyl sites for hydroxylation is 1. The van der Waals surface area contributed by atoms with Gasteiger partial charge in [0.2, 0.25) is 17.6 Å². The Morgan fingerprint density at radius 1 is 1.20 bits per heavy atom. The molecule has 35 heavy (non-hydrogen) atoms. The molecule has 184 valence electrons. The van der Waals surface area contributed by atoms with Gasteiger partial charge in [-0.15, -0.1) is 0 Å². The van der Waals surface area contributed by atoms with Gasteiger partial charge in [0.05, 0.1) is 6.61 Å². The number of nitrogens with one attached hydrogen (secondary N) is 2. The summed E-state index contributed by atoms with van der Waals surface area (Å²) in [6.45, 7) is 3.90. The summed E-state index contributed by atoms with van der Waals surface area (Å²) in [5, 5.41) is 6.04. The van der Waals surface area contributed by atoms with Gasteiger partial charge in [-0.25, -0.2) is 9.97 Å². The fourth-order valence-electron chi connectivity index (χ4n) is 4.81. The molecule has 4 heterocycles. The Hall–Kier alpha value is -3.53. The number of halogens is 1. The molecule has 0 atom stereocenters. The van der Waals surface area contributed by atoms with Crippen LogP contribution >= 0.6 is 0 Å². The smallest absolute Gasteiger partial charge is 0.294 e. The Morgan fingerprint density at radius 3 is 2.77 bits per heavy atom. The number of pyridine rings is 2. The zero-order valence-corrected chi connectivity index (χ0v) is 19.6. The summed E-state index contributed by atoms with van der Waals surface area (Å²) in [5.41, 5.74) is 1.95. The first kappa shape index (κ1) is 23.2. The van der Waals surface area contributed by atoms with Crippen molar-refractivity contribution in [3.8, 4) is 0 Å². The number of carbonyl (C=O) groups is 2. The molecule has 2 fully saturated rings.